The van der Waals surface area contributed by atoms with E-state index in [0.29, 0.717) is 31.8 Å². The van der Waals surface area contributed by atoms with Crippen LogP contribution in [0.3, 0.4) is 0 Å². The van der Waals surface area contributed by atoms with Crippen LogP contribution >= 0.6 is 0 Å². The Balaban J connectivity index is 1.43. The number of aliphatic hydroxyl groups excluding tert-OH is 1. The Labute approximate surface area is 256 Å². The van der Waals surface area contributed by atoms with Gasteiger partial charge in [-0.05, 0) is 75.5 Å². The first-order chi connectivity index (χ1) is 20.9. The highest BCUT2D eigenvalue weighted by molar-refractivity contribution is 5.92. The summed E-state index contributed by atoms with van der Waals surface area (Å²) in [5.41, 5.74) is 7.66. The summed E-state index contributed by atoms with van der Waals surface area (Å²) >= 11 is 0. The molecule has 1 aromatic heterocycles. The molecule has 1 saturated carbocycles. The lowest BCUT2D eigenvalue weighted by Gasteiger charge is -2.24. The van der Waals surface area contributed by atoms with Gasteiger partial charge in [0.2, 0.25) is 17.7 Å². The van der Waals surface area contributed by atoms with E-state index in [1.807, 2.05) is 43.6 Å². The van der Waals surface area contributed by atoms with E-state index in [-0.39, 0.29) is 18.2 Å². The van der Waals surface area contributed by atoms with Gasteiger partial charge in [0, 0.05) is 25.5 Å². The molecule has 1 fully saturated rings. The van der Waals surface area contributed by atoms with E-state index in [9.17, 15) is 19.5 Å². The van der Waals surface area contributed by atoms with Crippen molar-refractivity contribution in [3.05, 3.63) is 53.6 Å². The third kappa shape index (κ3) is 12.5. The first kappa shape index (κ1) is 34.3. The molecule has 3 rings (SSSR count). The van der Waals surface area contributed by atoms with Crippen LogP contribution in [0.1, 0.15) is 87.6 Å². The second-order valence-corrected chi connectivity index (χ2v) is 11.9. The van der Waals surface area contributed by atoms with Gasteiger partial charge in [-0.3, -0.25) is 14.4 Å². The number of aromatic nitrogens is 2. The first-order valence-corrected chi connectivity index (χ1v) is 16.1. The molecule has 0 spiro atoms. The lowest BCUT2D eigenvalue weighted by Crippen LogP contribution is -2.55. The van der Waals surface area contributed by atoms with Crippen molar-refractivity contribution in [1.82, 2.24) is 25.5 Å². The minimum atomic E-state index is -1.14. The Bertz CT molecular complexity index is 1110. The van der Waals surface area contributed by atoms with Crippen molar-refractivity contribution < 1.29 is 19.5 Å². The number of nitrogens with two attached hydrogens (primary N) is 1. The summed E-state index contributed by atoms with van der Waals surface area (Å²) in [6.45, 7) is 3.48. The smallest absolute Gasteiger partial charge is 0.245 e. The standard InChI is InChI=1S/C33H52N6O4/c1-25-35-20-22-39(25)21-8-6-11-27-13-15-28(16-14-27)23-31(41)37-30(24-40)33(43)38-29(12-5-7-18-34)32(42)36-19-17-26-9-3-2-4-10-26/h13-16,20,22,26,29-30,40H,2-12,17-19,21,23-24,34H2,1H3,(H,36,42)(H,37,41)(H,38,43)/t29-,30-/m1/s1. The van der Waals surface area contributed by atoms with Crippen molar-refractivity contribution in [2.45, 2.75) is 109 Å². The quantitative estimate of drug-likeness (QED) is 0.157. The molecule has 10 heteroatoms. The second-order valence-electron chi connectivity index (χ2n) is 11.9. The van der Waals surface area contributed by atoms with Crippen LogP contribution in [0.4, 0.5) is 0 Å². The summed E-state index contributed by atoms with van der Waals surface area (Å²) in [6, 6.07) is 6.02. The van der Waals surface area contributed by atoms with Gasteiger partial charge in [-0.15, -0.1) is 0 Å². The summed E-state index contributed by atoms with van der Waals surface area (Å²) in [6.07, 6.45) is 16.0. The largest absolute Gasteiger partial charge is 0.394 e. The summed E-state index contributed by atoms with van der Waals surface area (Å²) in [5, 5.41) is 18.2. The zero-order valence-electron chi connectivity index (χ0n) is 25.9. The van der Waals surface area contributed by atoms with Crippen LogP contribution in [0, 0.1) is 12.8 Å². The predicted octanol–water partition coefficient (Wildman–Crippen LogP) is 2.93. The van der Waals surface area contributed by atoms with Crippen molar-refractivity contribution in [2.75, 3.05) is 19.7 Å². The minimum Gasteiger partial charge on any atom is -0.394 e. The molecule has 0 saturated heterocycles. The molecular weight excluding hydrogens is 544 g/mol. The topological polar surface area (TPSA) is 151 Å². The number of hydrogen-bond acceptors (Lipinski definition) is 6. The minimum absolute atomic E-state index is 0.0888. The number of carbonyl (C=O) groups is 3. The Hall–Kier alpha value is -3.24. The van der Waals surface area contributed by atoms with E-state index in [4.69, 9.17) is 5.73 Å². The van der Waals surface area contributed by atoms with E-state index < -0.39 is 24.6 Å². The number of amides is 3. The van der Waals surface area contributed by atoms with Gasteiger partial charge in [0.25, 0.3) is 0 Å². The lowest BCUT2D eigenvalue weighted by atomic mass is 9.87. The molecule has 238 valence electrons. The molecule has 1 heterocycles. The maximum atomic E-state index is 13.0. The molecule has 1 aliphatic rings. The Kier molecular flexibility index (Phi) is 15.2. The van der Waals surface area contributed by atoms with E-state index in [2.05, 4.69) is 25.5 Å². The monoisotopic (exact) mass is 596 g/mol. The van der Waals surface area contributed by atoms with E-state index in [0.717, 1.165) is 50.0 Å². The molecule has 10 nitrogen and oxygen atoms in total. The lowest BCUT2D eigenvalue weighted by molar-refractivity contribution is -0.133. The second kappa shape index (κ2) is 19.1. The molecular formula is C33H52N6O4. The number of hydrogen-bond donors (Lipinski definition) is 5. The van der Waals surface area contributed by atoms with E-state index in [1.165, 1.54) is 37.7 Å². The highest BCUT2D eigenvalue weighted by Gasteiger charge is 2.26. The average molecular weight is 597 g/mol. The number of aryl methyl sites for hydroxylation is 3. The fourth-order valence-electron chi connectivity index (χ4n) is 5.73. The zero-order chi connectivity index (χ0) is 30.9. The van der Waals surface area contributed by atoms with Crippen LogP contribution in [-0.2, 0) is 33.8 Å². The van der Waals surface area contributed by atoms with Crippen molar-refractivity contribution in [3.8, 4) is 0 Å². The van der Waals surface area contributed by atoms with Crippen molar-refractivity contribution in [3.63, 3.8) is 0 Å². The molecule has 3 amide bonds. The van der Waals surface area contributed by atoms with Gasteiger partial charge in [-0.1, -0.05) is 56.4 Å². The third-order valence-electron chi connectivity index (χ3n) is 8.42. The highest BCUT2D eigenvalue weighted by atomic mass is 16.3. The van der Waals surface area contributed by atoms with E-state index >= 15 is 0 Å². The molecule has 2 aromatic rings. The Morgan fingerprint density at radius 3 is 2.40 bits per heavy atom. The van der Waals surface area contributed by atoms with Crippen LogP contribution in [0.15, 0.2) is 36.7 Å². The molecule has 1 aromatic carbocycles. The summed E-state index contributed by atoms with van der Waals surface area (Å²) in [7, 11) is 0. The van der Waals surface area contributed by atoms with Gasteiger partial charge in [-0.2, -0.15) is 0 Å². The Morgan fingerprint density at radius 1 is 0.977 bits per heavy atom. The first-order valence-electron chi connectivity index (χ1n) is 16.1. The number of aliphatic hydroxyl groups is 1. The Morgan fingerprint density at radius 2 is 1.72 bits per heavy atom. The number of unbranched alkanes of at least 4 members (excludes halogenated alkanes) is 2. The number of rotatable bonds is 19. The summed E-state index contributed by atoms with van der Waals surface area (Å²) in [5.74, 6) is 0.497. The van der Waals surface area contributed by atoms with Crippen LogP contribution in [-0.4, -0.2) is 64.2 Å². The third-order valence-corrected chi connectivity index (χ3v) is 8.42. The fraction of sp³-hybridized carbons (Fsp3) is 0.636. The maximum absolute atomic E-state index is 13.0. The van der Waals surface area contributed by atoms with Crippen LogP contribution in [0.5, 0.6) is 0 Å². The summed E-state index contributed by atoms with van der Waals surface area (Å²) < 4.78 is 2.15. The molecule has 6 N–H and O–H groups in total. The zero-order valence-corrected chi connectivity index (χ0v) is 25.9. The van der Waals surface area contributed by atoms with E-state index in [1.54, 1.807) is 0 Å². The summed E-state index contributed by atoms with van der Waals surface area (Å²) in [4.78, 5) is 42.9. The number of imidazole rings is 1. The van der Waals surface area contributed by atoms with Gasteiger partial charge >= 0.3 is 0 Å². The molecule has 2 atom stereocenters. The predicted molar refractivity (Wildman–Crippen MR) is 168 cm³/mol. The number of nitrogens with zero attached hydrogens (tertiary/aromatic N) is 2. The van der Waals surface area contributed by atoms with Crippen molar-refractivity contribution in [1.29, 1.82) is 0 Å². The van der Waals surface area contributed by atoms with Crippen LogP contribution < -0.4 is 21.7 Å². The normalized spacial score (nSPS) is 15.0. The van der Waals surface area contributed by atoms with Crippen molar-refractivity contribution >= 4 is 17.7 Å². The molecule has 0 aliphatic heterocycles. The molecule has 0 bridgehead atoms. The number of carbonyl (C=O) groups excluding carboxylic acids is 3. The van der Waals surface area contributed by atoms with Gasteiger partial charge in [-0.25, -0.2) is 4.98 Å². The van der Waals surface area contributed by atoms with Crippen LogP contribution in [0.25, 0.3) is 0 Å². The molecule has 0 radical (unpaired) electrons. The van der Waals surface area contributed by atoms with Gasteiger partial charge in [0.1, 0.15) is 17.9 Å². The maximum Gasteiger partial charge on any atom is 0.245 e. The molecule has 0 unspecified atom stereocenters. The average Bonchev–Trinajstić information content (AvgIpc) is 3.43. The van der Waals surface area contributed by atoms with Crippen LogP contribution in [0.2, 0.25) is 0 Å². The fourth-order valence-corrected chi connectivity index (χ4v) is 5.73. The van der Waals surface area contributed by atoms with Gasteiger partial charge < -0.3 is 31.4 Å². The molecule has 1 aliphatic carbocycles. The highest BCUT2D eigenvalue weighted by Crippen LogP contribution is 2.25. The van der Waals surface area contributed by atoms with Crippen molar-refractivity contribution in [2.24, 2.45) is 11.7 Å². The SMILES string of the molecule is Cc1nccn1CCCCc1ccc(CC(=O)N[C@H](CO)C(=O)N[C@H](CCCCN)C(=O)NCCC2CCCCC2)cc1. The number of benzene rings is 1. The van der Waals surface area contributed by atoms with Gasteiger partial charge in [0.15, 0.2) is 0 Å². The molecule has 43 heavy (non-hydrogen) atoms. The number of nitrogens with one attached hydrogen (secondary N) is 3. The van der Waals surface area contributed by atoms with Gasteiger partial charge in [0.05, 0.1) is 13.0 Å².